The van der Waals surface area contributed by atoms with E-state index in [1.807, 2.05) is 0 Å². The second kappa shape index (κ2) is 4.15. The lowest BCUT2D eigenvalue weighted by Gasteiger charge is -2.19. The molecule has 5 heteroatoms. The van der Waals surface area contributed by atoms with Crippen molar-refractivity contribution in [1.29, 1.82) is 0 Å². The number of halogens is 3. The molecule has 0 amide bonds. The number of alkyl halides is 3. The van der Waals surface area contributed by atoms with Crippen molar-refractivity contribution >= 4 is 40.8 Å². The van der Waals surface area contributed by atoms with Crippen LogP contribution in [0.3, 0.4) is 0 Å². The van der Waals surface area contributed by atoms with Gasteiger partial charge in [0.05, 0.1) is 6.61 Å². The van der Waals surface area contributed by atoms with E-state index in [1.54, 1.807) is 0 Å². The van der Waals surface area contributed by atoms with Crippen molar-refractivity contribution < 1.29 is 9.53 Å². The lowest BCUT2D eigenvalue weighted by Crippen LogP contribution is -2.26. The van der Waals surface area contributed by atoms with Crippen LogP contribution in [0.5, 0.6) is 0 Å². The van der Waals surface area contributed by atoms with Crippen molar-refractivity contribution in [1.82, 2.24) is 0 Å². The molecule has 0 aromatic heterocycles. The van der Waals surface area contributed by atoms with E-state index in [1.165, 1.54) is 5.57 Å². The smallest absolute Gasteiger partial charge is 0.358 e. The molecule has 0 aliphatic heterocycles. The van der Waals surface area contributed by atoms with Gasteiger partial charge in [-0.3, -0.25) is 0 Å². The first kappa shape index (κ1) is 11.6. The summed E-state index contributed by atoms with van der Waals surface area (Å²) in [6.07, 6.45) is 5.55. The molecule has 2 nitrogen and oxygen atoms in total. The van der Waals surface area contributed by atoms with Gasteiger partial charge in [-0.2, -0.15) is 0 Å². The van der Waals surface area contributed by atoms with E-state index in [0.717, 1.165) is 19.3 Å². The average molecular weight is 270 g/mol. The maximum Gasteiger partial charge on any atom is 0.358 e. The van der Waals surface area contributed by atoms with Crippen LogP contribution in [-0.2, 0) is 9.53 Å². The highest BCUT2D eigenvalue weighted by Gasteiger charge is 2.37. The number of hydrogen-bond acceptors (Lipinski definition) is 2. The molecule has 1 saturated carbocycles. The Morgan fingerprint density at radius 2 is 2.20 bits per heavy atom. The zero-order chi connectivity index (χ0) is 11.1. The molecule has 0 saturated heterocycles. The van der Waals surface area contributed by atoms with Crippen molar-refractivity contribution in [3.8, 4) is 0 Å². The van der Waals surface area contributed by atoms with E-state index in [4.69, 9.17) is 39.5 Å². The highest BCUT2D eigenvalue weighted by molar-refractivity contribution is 6.75. The molecule has 2 aliphatic carbocycles. The molecule has 2 unspecified atom stereocenters. The summed E-state index contributed by atoms with van der Waals surface area (Å²) in [6, 6.07) is 0. The lowest BCUT2D eigenvalue weighted by atomic mass is 9.93. The number of ether oxygens (including phenoxy) is 1. The van der Waals surface area contributed by atoms with Gasteiger partial charge in [-0.1, -0.05) is 46.5 Å². The molecular weight excluding hydrogens is 258 g/mol. The van der Waals surface area contributed by atoms with E-state index in [9.17, 15) is 4.79 Å². The monoisotopic (exact) mass is 268 g/mol. The van der Waals surface area contributed by atoms with Crippen LogP contribution in [0.2, 0.25) is 0 Å². The van der Waals surface area contributed by atoms with Gasteiger partial charge in [-0.05, 0) is 25.2 Å². The zero-order valence-corrected chi connectivity index (χ0v) is 10.3. The van der Waals surface area contributed by atoms with Crippen molar-refractivity contribution in [3.63, 3.8) is 0 Å². The van der Waals surface area contributed by atoms with Crippen LogP contribution in [0.4, 0.5) is 0 Å². The number of esters is 1. The fourth-order valence-corrected chi connectivity index (χ4v) is 2.47. The van der Waals surface area contributed by atoms with E-state index in [0.29, 0.717) is 18.4 Å². The summed E-state index contributed by atoms with van der Waals surface area (Å²) in [4.78, 5) is 11.2. The summed E-state index contributed by atoms with van der Waals surface area (Å²) < 4.78 is 3.03. The molecule has 0 spiro atoms. The summed E-state index contributed by atoms with van der Waals surface area (Å²) in [5.41, 5.74) is 1.48. The molecule has 0 aromatic carbocycles. The SMILES string of the molecule is O=C(OCC1CC2=CCC1C2)C(Cl)(Cl)Cl. The fraction of sp³-hybridized carbons (Fsp3) is 0.700. The van der Waals surface area contributed by atoms with E-state index >= 15 is 0 Å². The minimum absolute atomic E-state index is 0.370. The molecule has 15 heavy (non-hydrogen) atoms. The van der Waals surface area contributed by atoms with Crippen LogP contribution < -0.4 is 0 Å². The maximum absolute atomic E-state index is 11.2. The van der Waals surface area contributed by atoms with Gasteiger partial charge in [0.2, 0.25) is 0 Å². The predicted octanol–water partition coefficient (Wildman–Crippen LogP) is 3.26. The van der Waals surface area contributed by atoms with Crippen molar-refractivity contribution in [2.75, 3.05) is 6.61 Å². The molecular formula is C10H11Cl3O2. The molecule has 2 aliphatic rings. The van der Waals surface area contributed by atoms with Gasteiger partial charge in [0.25, 0.3) is 3.79 Å². The van der Waals surface area contributed by atoms with E-state index in [-0.39, 0.29) is 0 Å². The Morgan fingerprint density at radius 3 is 2.67 bits per heavy atom. The number of rotatable bonds is 2. The molecule has 2 rings (SSSR count). The zero-order valence-electron chi connectivity index (χ0n) is 8.01. The number of hydrogen-bond donors (Lipinski definition) is 0. The first-order valence-electron chi connectivity index (χ1n) is 4.88. The highest BCUT2D eigenvalue weighted by Crippen LogP contribution is 2.44. The molecule has 2 atom stereocenters. The van der Waals surface area contributed by atoms with Crippen LogP contribution in [0.15, 0.2) is 11.6 Å². The Labute approximate surface area is 104 Å². The minimum Gasteiger partial charge on any atom is -0.462 e. The van der Waals surface area contributed by atoms with Gasteiger partial charge >= 0.3 is 5.97 Å². The maximum atomic E-state index is 11.2. The topological polar surface area (TPSA) is 26.3 Å². The number of fused-ring (bicyclic) bond motifs is 2. The average Bonchev–Trinajstić information content (AvgIpc) is 2.73. The summed E-state index contributed by atoms with van der Waals surface area (Å²) >= 11 is 16.2. The van der Waals surface area contributed by atoms with Gasteiger partial charge in [-0.25, -0.2) is 4.79 Å². The van der Waals surface area contributed by atoms with E-state index in [2.05, 4.69) is 6.08 Å². The number of carbonyl (C=O) groups excluding carboxylic acids is 1. The van der Waals surface area contributed by atoms with Crippen LogP contribution in [0.1, 0.15) is 19.3 Å². The predicted molar refractivity (Wildman–Crippen MR) is 60.2 cm³/mol. The van der Waals surface area contributed by atoms with Gasteiger partial charge in [-0.15, -0.1) is 0 Å². The van der Waals surface area contributed by atoms with Crippen LogP contribution in [0, 0.1) is 11.8 Å². The molecule has 0 aromatic rings. The second-order valence-corrected chi connectivity index (χ2v) is 6.40. The Bertz CT molecular complexity index is 306. The van der Waals surface area contributed by atoms with Crippen molar-refractivity contribution in [3.05, 3.63) is 11.6 Å². The summed E-state index contributed by atoms with van der Waals surface area (Å²) in [6.45, 7) is 0.370. The fourth-order valence-electron chi connectivity index (χ4n) is 2.31. The van der Waals surface area contributed by atoms with Gasteiger partial charge in [0.1, 0.15) is 0 Å². The van der Waals surface area contributed by atoms with Crippen molar-refractivity contribution in [2.24, 2.45) is 11.8 Å². The third kappa shape index (κ3) is 2.61. The molecule has 2 bridgehead atoms. The molecule has 84 valence electrons. The van der Waals surface area contributed by atoms with Crippen molar-refractivity contribution in [2.45, 2.75) is 23.1 Å². The van der Waals surface area contributed by atoms with E-state index < -0.39 is 9.76 Å². The molecule has 0 N–H and O–H groups in total. The highest BCUT2D eigenvalue weighted by atomic mass is 35.6. The van der Waals surface area contributed by atoms with Gasteiger partial charge < -0.3 is 4.74 Å². The molecule has 0 heterocycles. The third-order valence-electron chi connectivity index (χ3n) is 3.08. The Balaban J connectivity index is 1.80. The number of carbonyl (C=O) groups is 1. The van der Waals surface area contributed by atoms with Crippen LogP contribution in [0.25, 0.3) is 0 Å². The standard InChI is InChI=1S/C10H11Cl3O2/c11-10(12,13)9(14)15-5-8-4-6-1-2-7(8)3-6/h1,7-8H,2-5H2. The molecule has 1 fully saturated rings. The quantitative estimate of drug-likeness (QED) is 0.437. The summed E-state index contributed by atoms with van der Waals surface area (Å²) in [5.74, 6) is 0.272. The Morgan fingerprint density at radius 1 is 1.47 bits per heavy atom. The lowest BCUT2D eigenvalue weighted by molar-refractivity contribution is -0.144. The Kier molecular flexibility index (Phi) is 3.20. The summed E-state index contributed by atoms with van der Waals surface area (Å²) in [7, 11) is 0. The molecule has 0 radical (unpaired) electrons. The minimum atomic E-state index is -1.95. The Hall–Kier alpha value is 0.0800. The summed E-state index contributed by atoms with van der Waals surface area (Å²) in [5, 5.41) is 0. The normalized spacial score (nSPS) is 29.1. The largest absolute Gasteiger partial charge is 0.462 e. The first-order chi connectivity index (χ1) is 6.97. The first-order valence-corrected chi connectivity index (χ1v) is 6.02. The second-order valence-electron chi connectivity index (χ2n) is 4.12. The number of allylic oxidation sites excluding steroid dienone is 2. The van der Waals surface area contributed by atoms with Gasteiger partial charge in [0.15, 0.2) is 0 Å². The van der Waals surface area contributed by atoms with Crippen LogP contribution >= 0.6 is 34.8 Å². The third-order valence-corrected chi connectivity index (χ3v) is 3.55. The van der Waals surface area contributed by atoms with Gasteiger partial charge in [0, 0.05) is 5.92 Å². The van der Waals surface area contributed by atoms with Crippen LogP contribution in [-0.4, -0.2) is 16.4 Å².